The minimum atomic E-state index is -2.42. The second kappa shape index (κ2) is 13.6. The van der Waals surface area contributed by atoms with Gasteiger partial charge >= 0.3 is 17.7 Å². The van der Waals surface area contributed by atoms with Gasteiger partial charge in [0, 0.05) is 31.8 Å². The van der Waals surface area contributed by atoms with E-state index in [0.29, 0.717) is 18.0 Å². The highest BCUT2D eigenvalue weighted by Crippen LogP contribution is 2.41. The average Bonchev–Trinajstić information content (AvgIpc) is 3.28. The Morgan fingerprint density at radius 1 is 0.973 bits per heavy atom. The number of hydrogen-bond donors (Lipinski definition) is 2. The van der Waals surface area contributed by atoms with Crippen molar-refractivity contribution in [2.45, 2.75) is 31.3 Å². The van der Waals surface area contributed by atoms with E-state index in [2.05, 4.69) is 5.32 Å². The highest BCUT2D eigenvalue weighted by Gasteiger charge is 2.59. The van der Waals surface area contributed by atoms with E-state index in [4.69, 9.17) is 40.0 Å². The summed E-state index contributed by atoms with van der Waals surface area (Å²) >= 11 is 6.01. The number of methoxy groups -OCH3 is 2. The van der Waals surface area contributed by atoms with Crippen LogP contribution in [0.25, 0.3) is 0 Å². The second-order valence-corrected chi connectivity index (χ2v) is 8.88. The molecule has 2 unspecified atom stereocenters. The van der Waals surface area contributed by atoms with E-state index < -0.39 is 23.8 Å². The van der Waals surface area contributed by atoms with Crippen molar-refractivity contribution in [1.82, 2.24) is 5.32 Å². The lowest BCUT2D eigenvalue weighted by Gasteiger charge is -2.23. The van der Waals surface area contributed by atoms with Gasteiger partial charge in [0.1, 0.15) is 13.2 Å². The van der Waals surface area contributed by atoms with E-state index in [1.165, 1.54) is 14.2 Å². The molecular formula is C26H32ClNO9. The Hall–Kier alpha value is -2.89. The summed E-state index contributed by atoms with van der Waals surface area (Å²) in [5.74, 6) is -4.11. The molecule has 0 amide bonds. The molecule has 10 nitrogen and oxygen atoms in total. The van der Waals surface area contributed by atoms with E-state index in [1.54, 1.807) is 36.4 Å². The summed E-state index contributed by atoms with van der Waals surface area (Å²) in [5, 5.41) is 14.3. The summed E-state index contributed by atoms with van der Waals surface area (Å²) < 4.78 is 31.5. The average molecular weight is 538 g/mol. The van der Waals surface area contributed by atoms with Crippen LogP contribution in [0.1, 0.15) is 24.2 Å². The van der Waals surface area contributed by atoms with E-state index in [9.17, 15) is 14.7 Å². The molecule has 0 aliphatic carbocycles. The van der Waals surface area contributed by atoms with Crippen molar-refractivity contribution >= 4 is 23.5 Å². The summed E-state index contributed by atoms with van der Waals surface area (Å²) in [5.41, 5.74) is 1.58. The molecule has 2 aromatic rings. The maximum Gasteiger partial charge on any atom is 0.453 e. The lowest BCUT2D eigenvalue weighted by atomic mass is 10.1. The molecule has 2 N–H and O–H groups in total. The Morgan fingerprint density at radius 3 is 2.24 bits per heavy atom. The number of ether oxygens (including phenoxy) is 6. The fourth-order valence-corrected chi connectivity index (χ4v) is 3.82. The molecule has 1 aliphatic rings. The van der Waals surface area contributed by atoms with Gasteiger partial charge in [0.05, 0.1) is 19.3 Å². The number of nitrogens with one attached hydrogen (secondary N) is 1. The van der Waals surface area contributed by atoms with Crippen molar-refractivity contribution < 1.29 is 43.1 Å². The minimum Gasteiger partial charge on any atom is -0.457 e. The number of fused-ring (bicyclic) bond motifs is 1. The third kappa shape index (κ3) is 7.56. The number of aliphatic hydroxyl groups excluding tert-OH is 1. The molecular weight excluding hydrogens is 506 g/mol. The predicted molar refractivity (Wildman–Crippen MR) is 134 cm³/mol. The van der Waals surface area contributed by atoms with Crippen LogP contribution in [0.3, 0.4) is 0 Å². The Kier molecular flexibility index (Phi) is 10.5. The monoisotopic (exact) mass is 537 g/mol. The standard InChI is InChI=1S/C26H32ClNO9/c1-17(28-16-21(29)19-5-4-6-20(27)15-19)13-18-7-8-22-23(14-18)37-26(36-22,24(30)34-11-9-32-2)25(31)35-12-10-33-3/h4-8,14-15,17,21,28-29H,9-13,16H2,1-3H3. The molecule has 0 saturated carbocycles. The Morgan fingerprint density at radius 2 is 1.62 bits per heavy atom. The lowest BCUT2D eigenvalue weighted by Crippen LogP contribution is -2.56. The molecule has 37 heavy (non-hydrogen) atoms. The van der Waals surface area contributed by atoms with Gasteiger partial charge in [-0.2, -0.15) is 0 Å². The molecule has 0 saturated heterocycles. The number of rotatable bonds is 14. The Balaban J connectivity index is 1.65. The Labute approximate surface area is 220 Å². The first-order valence-corrected chi connectivity index (χ1v) is 12.2. The molecule has 0 bridgehead atoms. The molecule has 1 heterocycles. The number of carbonyl (C=O) groups is 2. The second-order valence-electron chi connectivity index (χ2n) is 8.44. The molecule has 3 rings (SSSR count). The van der Waals surface area contributed by atoms with Crippen molar-refractivity contribution in [3.8, 4) is 11.5 Å². The van der Waals surface area contributed by atoms with E-state index in [-0.39, 0.29) is 44.0 Å². The first-order chi connectivity index (χ1) is 17.8. The van der Waals surface area contributed by atoms with Crippen LogP contribution in [0.15, 0.2) is 42.5 Å². The summed E-state index contributed by atoms with van der Waals surface area (Å²) in [4.78, 5) is 25.7. The highest BCUT2D eigenvalue weighted by atomic mass is 35.5. The van der Waals surface area contributed by atoms with Gasteiger partial charge in [0.2, 0.25) is 0 Å². The van der Waals surface area contributed by atoms with Crippen molar-refractivity contribution in [3.05, 3.63) is 58.6 Å². The zero-order valence-corrected chi connectivity index (χ0v) is 21.8. The van der Waals surface area contributed by atoms with Crippen molar-refractivity contribution in [2.24, 2.45) is 0 Å². The summed E-state index contributed by atoms with van der Waals surface area (Å²) in [6, 6.07) is 12.2. The van der Waals surface area contributed by atoms with Crippen LogP contribution in [0.4, 0.5) is 0 Å². The fraction of sp³-hybridized carbons (Fsp3) is 0.462. The van der Waals surface area contributed by atoms with Crippen LogP contribution in [0, 0.1) is 0 Å². The van der Waals surface area contributed by atoms with E-state index in [0.717, 1.165) is 11.1 Å². The fourth-order valence-electron chi connectivity index (χ4n) is 3.62. The van der Waals surface area contributed by atoms with Gasteiger partial charge in [0.15, 0.2) is 11.5 Å². The van der Waals surface area contributed by atoms with Gasteiger partial charge in [-0.05, 0) is 48.7 Å². The van der Waals surface area contributed by atoms with Crippen LogP contribution >= 0.6 is 11.6 Å². The van der Waals surface area contributed by atoms with Gasteiger partial charge in [-0.3, -0.25) is 0 Å². The molecule has 0 radical (unpaired) electrons. The van der Waals surface area contributed by atoms with Crippen LogP contribution in [-0.2, 0) is 35.0 Å². The molecule has 1 aliphatic heterocycles. The van der Waals surface area contributed by atoms with Crippen molar-refractivity contribution in [3.63, 3.8) is 0 Å². The van der Waals surface area contributed by atoms with Gasteiger partial charge in [-0.25, -0.2) is 9.59 Å². The molecule has 11 heteroatoms. The van der Waals surface area contributed by atoms with Crippen LogP contribution in [-0.4, -0.2) is 76.1 Å². The summed E-state index contributed by atoms with van der Waals surface area (Å²) in [6.07, 6.45) is -0.144. The van der Waals surface area contributed by atoms with Crippen LogP contribution < -0.4 is 14.8 Å². The first kappa shape index (κ1) is 28.7. The van der Waals surface area contributed by atoms with Crippen molar-refractivity contribution in [1.29, 1.82) is 0 Å². The van der Waals surface area contributed by atoms with E-state index >= 15 is 0 Å². The normalized spacial score (nSPS) is 15.2. The number of halogens is 1. The summed E-state index contributed by atoms with van der Waals surface area (Å²) in [7, 11) is 2.91. The molecule has 0 fully saturated rings. The first-order valence-electron chi connectivity index (χ1n) is 11.8. The number of benzene rings is 2. The van der Waals surface area contributed by atoms with Gasteiger partial charge in [0.25, 0.3) is 0 Å². The number of carbonyl (C=O) groups excluding carboxylic acids is 2. The van der Waals surface area contributed by atoms with Gasteiger partial charge in [-0.15, -0.1) is 0 Å². The smallest absolute Gasteiger partial charge is 0.453 e. The number of esters is 2. The zero-order valence-electron chi connectivity index (χ0n) is 21.0. The lowest BCUT2D eigenvalue weighted by molar-refractivity contribution is -0.203. The van der Waals surface area contributed by atoms with Crippen molar-refractivity contribution in [2.75, 3.05) is 47.2 Å². The molecule has 0 aromatic heterocycles. The molecule has 2 aromatic carbocycles. The SMILES string of the molecule is COCCOC(=O)C1(C(=O)OCCOC)Oc2ccc(CC(C)NCC(O)c3cccc(Cl)c3)cc2O1. The third-order valence-electron chi connectivity index (χ3n) is 5.53. The van der Waals surface area contributed by atoms with Crippen LogP contribution in [0.2, 0.25) is 5.02 Å². The quantitative estimate of drug-likeness (QED) is 0.211. The third-order valence-corrected chi connectivity index (χ3v) is 5.76. The minimum absolute atomic E-state index is 0.0167. The van der Waals surface area contributed by atoms with Gasteiger partial charge < -0.3 is 38.8 Å². The maximum absolute atomic E-state index is 12.8. The summed E-state index contributed by atoms with van der Waals surface area (Å²) in [6.45, 7) is 2.38. The zero-order chi connectivity index (χ0) is 26.8. The maximum atomic E-state index is 12.8. The largest absolute Gasteiger partial charge is 0.457 e. The topological polar surface area (TPSA) is 122 Å². The number of hydrogen-bond acceptors (Lipinski definition) is 10. The molecule has 202 valence electrons. The Bertz CT molecular complexity index is 1040. The van der Waals surface area contributed by atoms with Crippen LogP contribution in [0.5, 0.6) is 11.5 Å². The predicted octanol–water partition coefficient (Wildman–Crippen LogP) is 2.44. The van der Waals surface area contributed by atoms with E-state index in [1.807, 2.05) is 13.0 Å². The van der Waals surface area contributed by atoms with Gasteiger partial charge in [-0.1, -0.05) is 29.8 Å². The number of aliphatic hydroxyl groups is 1. The molecule has 0 spiro atoms. The molecule has 2 atom stereocenters. The highest BCUT2D eigenvalue weighted by molar-refractivity contribution is 6.30.